The molecule has 2 rings (SSSR count). The summed E-state index contributed by atoms with van der Waals surface area (Å²) in [6.45, 7) is -0.0421. The van der Waals surface area contributed by atoms with Crippen LogP contribution in [0.1, 0.15) is 5.56 Å². The monoisotopic (exact) mass is 248 g/mol. The lowest BCUT2D eigenvalue weighted by Crippen LogP contribution is -1.91. The molecule has 1 aromatic heterocycles. The van der Waals surface area contributed by atoms with Crippen LogP contribution in [0.25, 0.3) is 0 Å². The third-order valence-electron chi connectivity index (χ3n) is 2.13. The van der Waals surface area contributed by atoms with Crippen molar-refractivity contribution in [3.8, 4) is 5.75 Å². The number of methoxy groups -OCH3 is 1. The molecule has 1 N–H and O–H groups in total. The molecule has 0 aliphatic carbocycles. The minimum absolute atomic E-state index is 0.0421. The molecule has 0 bridgehead atoms. The van der Waals surface area contributed by atoms with Gasteiger partial charge in [-0.3, -0.25) is 0 Å². The molecule has 0 fully saturated rings. The molecule has 0 atom stereocenters. The number of ether oxygens (including phenoxy) is 1. The van der Waals surface area contributed by atoms with Crippen molar-refractivity contribution in [2.75, 3.05) is 7.11 Å². The second-order valence-corrected chi connectivity index (χ2v) is 4.29. The second-order valence-electron chi connectivity index (χ2n) is 3.28. The molecule has 0 unspecified atom stereocenters. The predicted octanol–water partition coefficient (Wildman–Crippen LogP) is 2.13. The summed E-state index contributed by atoms with van der Waals surface area (Å²) in [7, 11) is 1.63. The van der Waals surface area contributed by atoms with Crippen LogP contribution in [0.4, 0.5) is 0 Å². The molecule has 88 valence electrons. The molecule has 0 aliphatic heterocycles. The number of aliphatic hydroxyl groups is 1. The van der Waals surface area contributed by atoms with Crippen LogP contribution in [-0.4, -0.2) is 22.2 Å². The first-order valence-electron chi connectivity index (χ1n) is 5.06. The average molecular weight is 248 g/mol. The molecule has 1 heterocycles. The van der Waals surface area contributed by atoms with E-state index in [2.05, 4.69) is 9.97 Å². The highest BCUT2D eigenvalue weighted by Gasteiger charge is 2.05. The molecule has 17 heavy (non-hydrogen) atoms. The molecule has 4 nitrogen and oxygen atoms in total. The van der Waals surface area contributed by atoms with Crippen LogP contribution in [0.15, 0.2) is 46.7 Å². The molecule has 0 spiro atoms. The smallest absolute Gasteiger partial charge is 0.192 e. The maximum Gasteiger partial charge on any atom is 0.192 e. The number of benzene rings is 1. The van der Waals surface area contributed by atoms with E-state index in [1.807, 2.05) is 24.3 Å². The molecular formula is C12H12N2O2S. The molecule has 0 amide bonds. The van der Waals surface area contributed by atoms with E-state index in [4.69, 9.17) is 9.84 Å². The van der Waals surface area contributed by atoms with Crippen molar-refractivity contribution in [1.82, 2.24) is 9.97 Å². The Hall–Kier alpha value is -1.59. The molecule has 5 heteroatoms. The van der Waals surface area contributed by atoms with Gasteiger partial charge in [-0.2, -0.15) is 0 Å². The number of para-hydroxylation sites is 1. The third-order valence-corrected chi connectivity index (χ3v) is 3.09. The van der Waals surface area contributed by atoms with E-state index in [0.717, 1.165) is 10.6 Å². The number of rotatable bonds is 4. The van der Waals surface area contributed by atoms with Crippen LogP contribution in [0, 0.1) is 0 Å². The van der Waals surface area contributed by atoms with Crippen LogP contribution in [0.3, 0.4) is 0 Å². The fraction of sp³-hybridized carbons (Fsp3) is 0.167. The highest BCUT2D eigenvalue weighted by molar-refractivity contribution is 7.99. The van der Waals surface area contributed by atoms with Gasteiger partial charge in [-0.1, -0.05) is 12.1 Å². The van der Waals surface area contributed by atoms with Crippen LogP contribution in [-0.2, 0) is 6.61 Å². The number of aromatic nitrogens is 2. The van der Waals surface area contributed by atoms with Gasteiger partial charge in [0.2, 0.25) is 0 Å². The van der Waals surface area contributed by atoms with Crippen molar-refractivity contribution in [2.24, 2.45) is 0 Å². The van der Waals surface area contributed by atoms with Crippen molar-refractivity contribution in [3.63, 3.8) is 0 Å². The van der Waals surface area contributed by atoms with Gasteiger partial charge in [0.05, 0.1) is 18.6 Å². The minimum Gasteiger partial charge on any atom is -0.496 e. The predicted molar refractivity (Wildman–Crippen MR) is 65.1 cm³/mol. The molecule has 0 radical (unpaired) electrons. The van der Waals surface area contributed by atoms with Gasteiger partial charge in [-0.25, -0.2) is 9.97 Å². The summed E-state index contributed by atoms with van der Waals surface area (Å²) in [4.78, 5) is 9.28. The molecule has 0 aliphatic rings. The van der Waals surface area contributed by atoms with Crippen molar-refractivity contribution >= 4 is 11.8 Å². The first-order chi connectivity index (χ1) is 8.33. The van der Waals surface area contributed by atoms with Crippen molar-refractivity contribution in [3.05, 3.63) is 42.2 Å². The van der Waals surface area contributed by atoms with Crippen molar-refractivity contribution in [1.29, 1.82) is 0 Å². The van der Waals surface area contributed by atoms with Gasteiger partial charge in [0.25, 0.3) is 0 Å². The Bertz CT molecular complexity index is 488. The third kappa shape index (κ3) is 2.95. The van der Waals surface area contributed by atoms with Gasteiger partial charge in [0, 0.05) is 18.0 Å². The van der Waals surface area contributed by atoms with E-state index in [1.54, 1.807) is 19.5 Å². The maximum absolute atomic E-state index is 8.89. The quantitative estimate of drug-likeness (QED) is 0.840. The maximum atomic E-state index is 8.89. The van der Waals surface area contributed by atoms with E-state index in [-0.39, 0.29) is 6.61 Å². The number of aliphatic hydroxyl groups excluding tert-OH is 1. The fourth-order valence-electron chi connectivity index (χ4n) is 1.28. The summed E-state index contributed by atoms with van der Waals surface area (Å²) in [6.07, 6.45) is 3.23. The van der Waals surface area contributed by atoms with Gasteiger partial charge in [-0.05, 0) is 23.9 Å². The lowest BCUT2D eigenvalue weighted by Gasteiger charge is -2.06. The molecular weight excluding hydrogens is 236 g/mol. The average Bonchev–Trinajstić information content (AvgIpc) is 2.40. The standard InChI is InChI=1S/C12H12N2O2S/c1-16-10-4-2-3-5-11(10)17-12-13-6-9(8-15)7-14-12/h2-7,15H,8H2,1H3. The Labute approximate surface area is 104 Å². The number of hydrogen-bond acceptors (Lipinski definition) is 5. The van der Waals surface area contributed by atoms with Gasteiger partial charge < -0.3 is 9.84 Å². The largest absolute Gasteiger partial charge is 0.496 e. The van der Waals surface area contributed by atoms with Crippen LogP contribution in [0.2, 0.25) is 0 Å². The van der Waals surface area contributed by atoms with Gasteiger partial charge in [-0.15, -0.1) is 0 Å². The van der Waals surface area contributed by atoms with E-state index in [9.17, 15) is 0 Å². The zero-order chi connectivity index (χ0) is 12.1. The Kier molecular flexibility index (Phi) is 3.95. The lowest BCUT2D eigenvalue weighted by molar-refractivity contribution is 0.280. The minimum atomic E-state index is -0.0421. The molecule has 1 aromatic carbocycles. The summed E-state index contributed by atoms with van der Waals surface area (Å²) >= 11 is 1.43. The number of hydrogen-bond donors (Lipinski definition) is 1. The first-order valence-corrected chi connectivity index (χ1v) is 5.88. The second kappa shape index (κ2) is 5.65. The van der Waals surface area contributed by atoms with E-state index < -0.39 is 0 Å². The van der Waals surface area contributed by atoms with Crippen molar-refractivity contribution < 1.29 is 9.84 Å². The Balaban J connectivity index is 2.19. The topological polar surface area (TPSA) is 55.2 Å². The van der Waals surface area contributed by atoms with Gasteiger partial charge in [0.1, 0.15) is 5.75 Å². The Morgan fingerprint density at radius 3 is 2.59 bits per heavy atom. The fourth-order valence-corrected chi connectivity index (χ4v) is 2.08. The van der Waals surface area contributed by atoms with Crippen LogP contribution < -0.4 is 4.74 Å². The highest BCUT2D eigenvalue weighted by atomic mass is 32.2. The lowest BCUT2D eigenvalue weighted by atomic mass is 10.3. The SMILES string of the molecule is COc1ccccc1Sc1ncc(CO)cn1. The summed E-state index contributed by atoms with van der Waals surface area (Å²) < 4.78 is 5.25. The Morgan fingerprint density at radius 1 is 1.24 bits per heavy atom. The summed E-state index contributed by atoms with van der Waals surface area (Å²) in [6, 6.07) is 7.70. The molecule has 0 saturated carbocycles. The van der Waals surface area contributed by atoms with E-state index >= 15 is 0 Å². The van der Waals surface area contributed by atoms with E-state index in [0.29, 0.717) is 10.7 Å². The summed E-state index contributed by atoms with van der Waals surface area (Å²) in [5.74, 6) is 0.798. The highest BCUT2D eigenvalue weighted by Crippen LogP contribution is 2.32. The normalized spacial score (nSPS) is 10.2. The summed E-state index contributed by atoms with van der Waals surface area (Å²) in [5, 5.41) is 9.52. The molecule has 2 aromatic rings. The number of nitrogens with zero attached hydrogens (tertiary/aromatic N) is 2. The zero-order valence-corrected chi connectivity index (χ0v) is 10.1. The van der Waals surface area contributed by atoms with Crippen LogP contribution >= 0.6 is 11.8 Å². The van der Waals surface area contributed by atoms with Gasteiger partial charge >= 0.3 is 0 Å². The van der Waals surface area contributed by atoms with E-state index in [1.165, 1.54) is 11.8 Å². The van der Waals surface area contributed by atoms with Gasteiger partial charge in [0.15, 0.2) is 5.16 Å². The first kappa shape index (κ1) is 11.9. The zero-order valence-electron chi connectivity index (χ0n) is 9.33. The molecule has 0 saturated heterocycles. The van der Waals surface area contributed by atoms with Crippen LogP contribution in [0.5, 0.6) is 5.75 Å². The Morgan fingerprint density at radius 2 is 1.94 bits per heavy atom. The summed E-state index contributed by atoms with van der Waals surface area (Å²) in [5.41, 5.74) is 0.703. The van der Waals surface area contributed by atoms with Crippen molar-refractivity contribution in [2.45, 2.75) is 16.7 Å².